The molecule has 138 valence electrons. The Hall–Kier alpha value is -3.22. The van der Waals surface area contributed by atoms with Crippen LogP contribution in [-0.4, -0.2) is 51.1 Å². The Bertz CT molecular complexity index is 1020. The number of nitrogens with one attached hydrogen (secondary N) is 1. The number of nitrogen functional groups attached to an aromatic ring is 1. The normalized spacial score (nSPS) is 18.2. The number of carbonyl (C=O) groups excluding carboxylic acids is 1. The van der Waals surface area contributed by atoms with Crippen LogP contribution in [-0.2, 0) is 0 Å². The van der Waals surface area contributed by atoms with Gasteiger partial charge in [0.2, 0.25) is 0 Å². The van der Waals surface area contributed by atoms with Gasteiger partial charge in [-0.1, -0.05) is 0 Å². The summed E-state index contributed by atoms with van der Waals surface area (Å²) >= 11 is 0. The number of pyridine rings is 1. The molecule has 7 heteroatoms. The smallest absolute Gasteiger partial charge is 0.254 e. The zero-order chi connectivity index (χ0) is 18.6. The van der Waals surface area contributed by atoms with Gasteiger partial charge >= 0.3 is 0 Å². The summed E-state index contributed by atoms with van der Waals surface area (Å²) in [6.07, 6.45) is 5.27. The predicted octanol–water partition coefficient (Wildman–Crippen LogP) is 2.35. The highest BCUT2D eigenvalue weighted by molar-refractivity contribution is 5.96. The third-order valence-electron chi connectivity index (χ3n) is 5.74. The van der Waals surface area contributed by atoms with Gasteiger partial charge in [-0.3, -0.25) is 4.79 Å². The van der Waals surface area contributed by atoms with E-state index in [-0.39, 0.29) is 17.2 Å². The maximum absolute atomic E-state index is 13.1. The minimum atomic E-state index is -0.158. The molecule has 1 saturated carbocycles. The van der Waals surface area contributed by atoms with E-state index in [2.05, 4.69) is 14.9 Å². The maximum Gasteiger partial charge on any atom is 0.254 e. The molecule has 1 aliphatic heterocycles. The quantitative estimate of drug-likeness (QED) is 0.607. The number of anilines is 2. The average molecular weight is 363 g/mol. The van der Waals surface area contributed by atoms with E-state index in [1.54, 1.807) is 24.3 Å². The number of benzene rings is 1. The van der Waals surface area contributed by atoms with Gasteiger partial charge in [0.25, 0.3) is 5.91 Å². The Kier molecular flexibility index (Phi) is 3.34. The molecule has 27 heavy (non-hydrogen) atoms. The van der Waals surface area contributed by atoms with Crippen molar-refractivity contribution in [3.05, 3.63) is 48.3 Å². The fourth-order valence-electron chi connectivity index (χ4n) is 4.15. The second kappa shape index (κ2) is 5.64. The summed E-state index contributed by atoms with van der Waals surface area (Å²) in [6, 6.07) is 9.04. The highest BCUT2D eigenvalue weighted by Crippen LogP contribution is 2.47. The largest absolute Gasteiger partial charge is 0.504 e. The molecule has 2 fully saturated rings. The first-order valence-electron chi connectivity index (χ1n) is 9.15. The highest BCUT2D eigenvalue weighted by Gasteiger charge is 2.53. The number of carbonyl (C=O) groups is 1. The number of nitrogens with zero attached hydrogens (tertiary/aromatic N) is 3. The summed E-state index contributed by atoms with van der Waals surface area (Å²) in [5, 5.41) is 11.3. The van der Waals surface area contributed by atoms with E-state index in [1.807, 2.05) is 17.2 Å². The standard InChI is InChI=1S/C20H21N5O2/c21-14-3-1-13(2-4-14)19(27)25-10-9-24(12-20(25)6-7-20)17-15-5-8-22-18(15)23-11-16(17)26/h1-5,8,11,26H,6-7,9-10,12,21H2,(H,22,23). The first kappa shape index (κ1) is 16.0. The Morgan fingerprint density at radius 3 is 2.70 bits per heavy atom. The predicted molar refractivity (Wildman–Crippen MR) is 104 cm³/mol. The van der Waals surface area contributed by atoms with Gasteiger partial charge < -0.3 is 25.6 Å². The lowest BCUT2D eigenvalue weighted by Crippen LogP contribution is -2.57. The number of nitrogens with two attached hydrogens (primary N) is 1. The number of aromatic amines is 1. The minimum Gasteiger partial charge on any atom is -0.504 e. The SMILES string of the molecule is Nc1ccc(C(=O)N2CCN(c3c(O)cnc4[nH]ccc34)CC23CC3)cc1. The van der Waals surface area contributed by atoms with Gasteiger partial charge in [-0.05, 0) is 43.2 Å². The average Bonchev–Trinajstić information content (AvgIpc) is 3.25. The van der Waals surface area contributed by atoms with Crippen molar-refractivity contribution in [3.63, 3.8) is 0 Å². The van der Waals surface area contributed by atoms with Crippen molar-refractivity contribution < 1.29 is 9.90 Å². The molecule has 0 atom stereocenters. The monoisotopic (exact) mass is 363 g/mol. The summed E-state index contributed by atoms with van der Waals surface area (Å²) in [5.41, 5.74) is 8.46. The molecule has 2 aromatic heterocycles. The lowest BCUT2D eigenvalue weighted by molar-refractivity contribution is 0.0624. The van der Waals surface area contributed by atoms with Crippen LogP contribution in [0.2, 0.25) is 0 Å². The lowest BCUT2D eigenvalue weighted by atomic mass is 10.1. The number of amides is 1. The number of fused-ring (bicyclic) bond motifs is 1. The molecule has 4 N–H and O–H groups in total. The first-order valence-corrected chi connectivity index (χ1v) is 9.15. The number of aromatic hydroxyl groups is 1. The molecule has 5 rings (SSSR count). The van der Waals surface area contributed by atoms with Crippen LogP contribution in [0.15, 0.2) is 42.7 Å². The highest BCUT2D eigenvalue weighted by atomic mass is 16.3. The maximum atomic E-state index is 13.1. The molecule has 0 bridgehead atoms. The van der Waals surface area contributed by atoms with E-state index in [1.165, 1.54) is 6.20 Å². The molecule has 0 radical (unpaired) electrons. The van der Waals surface area contributed by atoms with Gasteiger partial charge in [0.05, 0.1) is 17.4 Å². The van der Waals surface area contributed by atoms with Crippen molar-refractivity contribution in [2.45, 2.75) is 18.4 Å². The van der Waals surface area contributed by atoms with Crippen molar-refractivity contribution in [3.8, 4) is 5.75 Å². The summed E-state index contributed by atoms with van der Waals surface area (Å²) in [5.74, 6) is 0.231. The Morgan fingerprint density at radius 1 is 1.19 bits per heavy atom. The van der Waals surface area contributed by atoms with E-state index in [0.717, 1.165) is 29.6 Å². The second-order valence-corrected chi connectivity index (χ2v) is 7.46. The fourth-order valence-corrected chi connectivity index (χ4v) is 4.15. The summed E-state index contributed by atoms with van der Waals surface area (Å²) in [6.45, 7) is 2.00. The van der Waals surface area contributed by atoms with Gasteiger partial charge in [-0.2, -0.15) is 0 Å². The van der Waals surface area contributed by atoms with E-state index in [0.29, 0.717) is 30.9 Å². The third kappa shape index (κ3) is 2.50. The molecule has 7 nitrogen and oxygen atoms in total. The summed E-state index contributed by atoms with van der Waals surface area (Å²) in [7, 11) is 0. The number of piperazine rings is 1. The number of H-pyrrole nitrogens is 1. The van der Waals surface area contributed by atoms with Crippen molar-refractivity contribution in [1.29, 1.82) is 0 Å². The zero-order valence-corrected chi connectivity index (χ0v) is 14.9. The van der Waals surface area contributed by atoms with Crippen LogP contribution >= 0.6 is 0 Å². The topological polar surface area (TPSA) is 98.5 Å². The van der Waals surface area contributed by atoms with Gasteiger partial charge in [-0.15, -0.1) is 0 Å². The van der Waals surface area contributed by atoms with Crippen molar-refractivity contribution >= 4 is 28.3 Å². The van der Waals surface area contributed by atoms with Crippen LogP contribution in [0.4, 0.5) is 11.4 Å². The molecule has 1 aromatic carbocycles. The molecule has 1 spiro atoms. The Labute approximate surface area is 156 Å². The summed E-state index contributed by atoms with van der Waals surface area (Å²) < 4.78 is 0. The molecular weight excluding hydrogens is 342 g/mol. The Balaban J connectivity index is 1.44. The van der Waals surface area contributed by atoms with E-state index in [9.17, 15) is 9.90 Å². The van der Waals surface area contributed by atoms with Gasteiger partial charge in [0.15, 0.2) is 5.75 Å². The molecule has 3 aromatic rings. The van der Waals surface area contributed by atoms with Crippen molar-refractivity contribution in [1.82, 2.24) is 14.9 Å². The molecule has 0 unspecified atom stereocenters. The molecule has 2 aliphatic rings. The molecule has 1 amide bonds. The second-order valence-electron chi connectivity index (χ2n) is 7.46. The van der Waals surface area contributed by atoms with E-state index < -0.39 is 0 Å². The number of hydrogen-bond donors (Lipinski definition) is 3. The van der Waals surface area contributed by atoms with Crippen LogP contribution < -0.4 is 10.6 Å². The third-order valence-corrected chi connectivity index (χ3v) is 5.74. The summed E-state index contributed by atoms with van der Waals surface area (Å²) in [4.78, 5) is 24.6. The van der Waals surface area contributed by atoms with Crippen LogP contribution in [0.5, 0.6) is 5.75 Å². The first-order chi connectivity index (χ1) is 13.1. The fraction of sp³-hybridized carbons (Fsp3) is 0.300. The lowest BCUT2D eigenvalue weighted by Gasteiger charge is -2.43. The van der Waals surface area contributed by atoms with Gasteiger partial charge in [0, 0.05) is 42.5 Å². The van der Waals surface area contributed by atoms with Crippen LogP contribution in [0, 0.1) is 0 Å². The van der Waals surface area contributed by atoms with Crippen LogP contribution in [0.3, 0.4) is 0 Å². The molecule has 1 aliphatic carbocycles. The molecule has 3 heterocycles. The molecular formula is C20H21N5O2. The van der Waals surface area contributed by atoms with Crippen molar-refractivity contribution in [2.24, 2.45) is 0 Å². The number of rotatable bonds is 2. The zero-order valence-electron chi connectivity index (χ0n) is 14.9. The van der Waals surface area contributed by atoms with Crippen LogP contribution in [0.25, 0.3) is 11.0 Å². The number of aromatic nitrogens is 2. The number of hydrogen-bond acceptors (Lipinski definition) is 5. The van der Waals surface area contributed by atoms with Gasteiger partial charge in [0.1, 0.15) is 5.65 Å². The minimum absolute atomic E-state index is 0.0536. The van der Waals surface area contributed by atoms with Gasteiger partial charge in [-0.25, -0.2) is 4.98 Å². The van der Waals surface area contributed by atoms with E-state index in [4.69, 9.17) is 5.73 Å². The Morgan fingerprint density at radius 2 is 1.96 bits per heavy atom. The van der Waals surface area contributed by atoms with Crippen molar-refractivity contribution in [2.75, 3.05) is 30.3 Å². The molecule has 1 saturated heterocycles. The van der Waals surface area contributed by atoms with Crippen LogP contribution in [0.1, 0.15) is 23.2 Å². The van der Waals surface area contributed by atoms with E-state index >= 15 is 0 Å².